The van der Waals surface area contributed by atoms with Crippen molar-refractivity contribution in [3.05, 3.63) is 35.7 Å². The number of nitrogens with one attached hydrogen (secondary N) is 1. The number of aromatic nitrogens is 2. The van der Waals surface area contributed by atoms with E-state index in [9.17, 15) is 4.79 Å². The van der Waals surface area contributed by atoms with E-state index in [0.29, 0.717) is 11.3 Å². The van der Waals surface area contributed by atoms with Gasteiger partial charge in [-0.25, -0.2) is 10.5 Å². The summed E-state index contributed by atoms with van der Waals surface area (Å²) in [4.78, 5) is 18.3. The van der Waals surface area contributed by atoms with Gasteiger partial charge in [-0.15, -0.1) is 0 Å². The summed E-state index contributed by atoms with van der Waals surface area (Å²) in [7, 11) is 4.16. The molecule has 1 atom stereocenters. The zero-order valence-electron chi connectivity index (χ0n) is 18.0. The number of nitrogens with zero attached hydrogens (tertiary/aromatic N) is 3. The molecule has 0 saturated carbocycles. The van der Waals surface area contributed by atoms with Gasteiger partial charge in [-0.1, -0.05) is 33.8 Å². The monoisotopic (exact) mass is 386 g/mol. The molecule has 154 valence electrons. The van der Waals surface area contributed by atoms with Crippen molar-refractivity contribution in [3.8, 4) is 0 Å². The highest BCUT2D eigenvalue weighted by Gasteiger charge is 2.19. The molecule has 1 unspecified atom stereocenters. The maximum Gasteiger partial charge on any atom is 0.267 e. The van der Waals surface area contributed by atoms with E-state index in [4.69, 9.17) is 10.2 Å². The first-order valence-corrected chi connectivity index (χ1v) is 9.85. The van der Waals surface area contributed by atoms with E-state index in [1.54, 1.807) is 11.6 Å². The second-order valence-corrected chi connectivity index (χ2v) is 9.11. The zero-order chi connectivity index (χ0) is 20.9. The van der Waals surface area contributed by atoms with Crippen LogP contribution in [0.3, 0.4) is 0 Å². The average Bonchev–Trinajstić information content (AvgIpc) is 2.92. The second-order valence-electron chi connectivity index (χ2n) is 9.11. The molecule has 2 N–H and O–H groups in total. The third kappa shape index (κ3) is 6.46. The summed E-state index contributed by atoms with van der Waals surface area (Å²) in [5.41, 5.74) is 4.83. The minimum absolute atomic E-state index is 0.297. The number of rotatable bonds is 8. The molecule has 0 saturated heterocycles. The summed E-state index contributed by atoms with van der Waals surface area (Å²) in [6, 6.07) is 6.02. The van der Waals surface area contributed by atoms with Crippen molar-refractivity contribution in [2.24, 2.45) is 11.3 Å². The van der Waals surface area contributed by atoms with Gasteiger partial charge in [0.25, 0.3) is 5.91 Å². The molecule has 6 heteroatoms. The van der Waals surface area contributed by atoms with Crippen molar-refractivity contribution in [2.75, 3.05) is 20.6 Å². The van der Waals surface area contributed by atoms with Gasteiger partial charge in [-0.05, 0) is 55.6 Å². The molecule has 6 nitrogen and oxygen atoms in total. The number of hydroxylamine groups is 1. The maximum absolute atomic E-state index is 11.2. The normalized spacial score (nSPS) is 13.6. The van der Waals surface area contributed by atoms with Crippen LogP contribution in [0.15, 0.2) is 24.3 Å². The van der Waals surface area contributed by atoms with Crippen LogP contribution in [0, 0.1) is 11.3 Å². The van der Waals surface area contributed by atoms with Crippen LogP contribution in [0.1, 0.15) is 45.5 Å². The minimum atomic E-state index is -0.548. The predicted octanol–water partition coefficient (Wildman–Crippen LogP) is 3.73. The highest BCUT2D eigenvalue weighted by molar-refractivity contribution is 5.91. The van der Waals surface area contributed by atoms with E-state index in [0.717, 1.165) is 48.4 Å². The molecule has 1 heterocycles. The van der Waals surface area contributed by atoms with E-state index >= 15 is 0 Å². The number of hydrogen-bond acceptors (Lipinski definition) is 4. The quantitative estimate of drug-likeness (QED) is 0.412. The Morgan fingerprint density at radius 3 is 2.68 bits per heavy atom. The molecule has 28 heavy (non-hydrogen) atoms. The van der Waals surface area contributed by atoms with Gasteiger partial charge < -0.3 is 9.47 Å². The van der Waals surface area contributed by atoms with E-state index in [1.165, 1.54) is 6.08 Å². The van der Waals surface area contributed by atoms with Crippen LogP contribution >= 0.6 is 0 Å². The van der Waals surface area contributed by atoms with E-state index in [2.05, 4.69) is 57.3 Å². The van der Waals surface area contributed by atoms with Crippen LogP contribution in [0.25, 0.3) is 17.1 Å². The molecular formula is C22H34N4O2. The lowest BCUT2D eigenvalue weighted by Crippen LogP contribution is -2.21. The van der Waals surface area contributed by atoms with E-state index in [-0.39, 0.29) is 0 Å². The fourth-order valence-electron chi connectivity index (χ4n) is 3.64. The standard InChI is InChI=1S/C22H34N4O2/c1-16(15-22(2,3)4)13-20-23-18-14-17(8-10-21(27)24-28)7-9-19(18)26(20)12-11-25(5)6/h7-10,14,16,28H,11-13,15H2,1-6H3,(H,24,27)/b10-8+. The number of imidazole rings is 1. The van der Waals surface area contributed by atoms with Gasteiger partial charge >= 0.3 is 0 Å². The molecule has 0 radical (unpaired) electrons. The average molecular weight is 387 g/mol. The molecular weight excluding hydrogens is 352 g/mol. The number of amides is 1. The number of hydrogen-bond donors (Lipinski definition) is 2. The molecule has 2 rings (SSSR count). The molecule has 1 aromatic carbocycles. The molecule has 0 spiro atoms. The van der Waals surface area contributed by atoms with Gasteiger partial charge in [0.2, 0.25) is 0 Å². The lowest BCUT2D eigenvalue weighted by atomic mass is 9.84. The van der Waals surface area contributed by atoms with Gasteiger partial charge in [0.05, 0.1) is 11.0 Å². The Hall–Kier alpha value is -2.18. The Labute approximate surface area is 168 Å². The van der Waals surface area contributed by atoms with Gasteiger partial charge in [0.15, 0.2) is 0 Å². The number of carbonyl (C=O) groups is 1. The molecule has 0 aliphatic heterocycles. The predicted molar refractivity (Wildman–Crippen MR) is 114 cm³/mol. The molecule has 0 aliphatic carbocycles. The number of benzene rings is 1. The van der Waals surface area contributed by atoms with Crippen molar-refractivity contribution in [3.63, 3.8) is 0 Å². The first-order valence-electron chi connectivity index (χ1n) is 9.85. The number of carbonyl (C=O) groups excluding carboxylic acids is 1. The first-order chi connectivity index (χ1) is 13.1. The lowest BCUT2D eigenvalue weighted by molar-refractivity contribution is -0.124. The van der Waals surface area contributed by atoms with Crippen LogP contribution in [0.5, 0.6) is 0 Å². The Balaban J connectivity index is 2.35. The molecule has 0 fully saturated rings. The van der Waals surface area contributed by atoms with E-state index in [1.807, 2.05) is 12.1 Å². The summed E-state index contributed by atoms with van der Waals surface area (Å²) in [6.07, 6.45) is 5.06. The van der Waals surface area contributed by atoms with Crippen LogP contribution < -0.4 is 5.48 Å². The van der Waals surface area contributed by atoms with Gasteiger partial charge in [-0.3, -0.25) is 10.0 Å². The third-order valence-electron chi connectivity index (χ3n) is 4.65. The Kier molecular flexibility index (Phi) is 7.38. The molecule has 0 aliphatic rings. The molecule has 2 aromatic rings. The van der Waals surface area contributed by atoms with Crippen molar-refractivity contribution in [2.45, 2.75) is 47.1 Å². The number of likely N-dealkylation sites (N-methyl/N-ethyl adjacent to an activating group) is 1. The van der Waals surface area contributed by atoms with Crippen molar-refractivity contribution in [1.82, 2.24) is 19.9 Å². The fraction of sp³-hybridized carbons (Fsp3) is 0.545. The van der Waals surface area contributed by atoms with Gasteiger partial charge in [-0.2, -0.15) is 0 Å². The zero-order valence-corrected chi connectivity index (χ0v) is 18.0. The topological polar surface area (TPSA) is 70.4 Å². The lowest BCUT2D eigenvalue weighted by Gasteiger charge is -2.23. The summed E-state index contributed by atoms with van der Waals surface area (Å²) < 4.78 is 2.32. The summed E-state index contributed by atoms with van der Waals surface area (Å²) in [6.45, 7) is 11.0. The SMILES string of the molecule is CC(Cc1nc2cc(/C=C/C(=O)NO)ccc2n1CCN(C)C)CC(C)(C)C. The molecule has 1 amide bonds. The van der Waals surface area contributed by atoms with Gasteiger partial charge in [0.1, 0.15) is 5.82 Å². The smallest absolute Gasteiger partial charge is 0.267 e. The number of fused-ring (bicyclic) bond motifs is 1. The largest absolute Gasteiger partial charge is 0.327 e. The fourth-order valence-corrected chi connectivity index (χ4v) is 3.64. The summed E-state index contributed by atoms with van der Waals surface area (Å²) >= 11 is 0. The van der Waals surface area contributed by atoms with Crippen LogP contribution in [0.4, 0.5) is 0 Å². The highest BCUT2D eigenvalue weighted by Crippen LogP contribution is 2.27. The van der Waals surface area contributed by atoms with Crippen LogP contribution in [0.2, 0.25) is 0 Å². The van der Waals surface area contributed by atoms with Gasteiger partial charge in [0, 0.05) is 25.6 Å². The Morgan fingerprint density at radius 2 is 2.07 bits per heavy atom. The maximum atomic E-state index is 11.2. The van der Waals surface area contributed by atoms with Crippen molar-refractivity contribution >= 4 is 23.0 Å². The molecule has 1 aromatic heterocycles. The summed E-state index contributed by atoms with van der Waals surface area (Å²) in [5, 5.41) is 8.62. The van der Waals surface area contributed by atoms with Crippen LogP contribution in [-0.4, -0.2) is 46.2 Å². The Morgan fingerprint density at radius 1 is 1.36 bits per heavy atom. The minimum Gasteiger partial charge on any atom is -0.327 e. The Bertz CT molecular complexity index is 831. The first kappa shape index (κ1) is 22.1. The highest BCUT2D eigenvalue weighted by atomic mass is 16.5. The molecule has 0 bridgehead atoms. The summed E-state index contributed by atoms with van der Waals surface area (Å²) in [5.74, 6) is 1.11. The second kappa shape index (κ2) is 9.34. The third-order valence-corrected chi connectivity index (χ3v) is 4.65. The van der Waals surface area contributed by atoms with Crippen molar-refractivity contribution in [1.29, 1.82) is 0 Å². The van der Waals surface area contributed by atoms with Crippen LogP contribution in [-0.2, 0) is 17.8 Å². The van der Waals surface area contributed by atoms with E-state index < -0.39 is 5.91 Å². The van der Waals surface area contributed by atoms with Crippen molar-refractivity contribution < 1.29 is 10.0 Å².